The van der Waals surface area contributed by atoms with Crippen molar-refractivity contribution in [3.8, 4) is 0 Å². The molecule has 2 amide bonds. The monoisotopic (exact) mass is 309 g/mol. The first-order valence-corrected chi connectivity index (χ1v) is 7.75. The summed E-state index contributed by atoms with van der Waals surface area (Å²) in [6.07, 6.45) is 3.09. The number of nitrogens with zero attached hydrogens (tertiary/aromatic N) is 2. The van der Waals surface area contributed by atoms with Gasteiger partial charge in [-0.3, -0.25) is 14.6 Å². The second-order valence-corrected chi connectivity index (χ2v) is 5.70. The van der Waals surface area contributed by atoms with Crippen molar-refractivity contribution in [2.24, 2.45) is 0 Å². The van der Waals surface area contributed by atoms with Gasteiger partial charge in [0.1, 0.15) is 6.04 Å². The molecule has 0 unspecified atom stereocenters. The highest BCUT2D eigenvalue weighted by molar-refractivity contribution is 6.01. The number of aromatic nitrogens is 1. The Morgan fingerprint density at radius 1 is 1.17 bits per heavy atom. The van der Waals surface area contributed by atoms with Crippen molar-refractivity contribution in [1.29, 1.82) is 0 Å². The number of hydrogen-bond acceptors (Lipinski definition) is 3. The Morgan fingerprint density at radius 3 is 2.65 bits per heavy atom. The van der Waals surface area contributed by atoms with Crippen molar-refractivity contribution in [2.75, 3.05) is 11.9 Å². The fourth-order valence-electron chi connectivity index (χ4n) is 2.79. The molecule has 3 rings (SSSR count). The molecule has 0 saturated carbocycles. The van der Waals surface area contributed by atoms with E-state index in [1.54, 1.807) is 17.2 Å². The van der Waals surface area contributed by atoms with Crippen molar-refractivity contribution in [2.45, 2.75) is 25.8 Å². The summed E-state index contributed by atoms with van der Waals surface area (Å²) in [6.45, 7) is 2.47. The molecule has 1 aliphatic heterocycles. The van der Waals surface area contributed by atoms with Gasteiger partial charge in [-0.05, 0) is 44.0 Å². The highest BCUT2D eigenvalue weighted by atomic mass is 16.2. The van der Waals surface area contributed by atoms with Gasteiger partial charge in [-0.15, -0.1) is 0 Å². The molecule has 0 radical (unpaired) electrons. The zero-order chi connectivity index (χ0) is 16.2. The summed E-state index contributed by atoms with van der Waals surface area (Å²) >= 11 is 0. The number of carbonyl (C=O) groups excluding carboxylic acids is 2. The van der Waals surface area contributed by atoms with Gasteiger partial charge >= 0.3 is 0 Å². The Kier molecular flexibility index (Phi) is 4.37. The second kappa shape index (κ2) is 6.60. The first-order chi connectivity index (χ1) is 11.1. The standard InChI is InChI=1S/C18H19N3O2/c1-13-9-10-14(12-19-13)18(23)21-11-5-8-16(21)17(22)20-15-6-3-2-4-7-15/h2-4,6-7,9-10,12,16H,5,8,11H2,1H3,(H,20,22)/t16-/m0/s1. The predicted octanol–water partition coefficient (Wildman–Crippen LogP) is 2.63. The fourth-order valence-corrected chi connectivity index (χ4v) is 2.79. The smallest absolute Gasteiger partial charge is 0.256 e. The van der Waals surface area contributed by atoms with Gasteiger partial charge in [0.25, 0.3) is 5.91 Å². The van der Waals surface area contributed by atoms with Gasteiger partial charge in [0.05, 0.1) is 5.56 Å². The molecule has 1 aromatic carbocycles. The number of para-hydroxylation sites is 1. The van der Waals surface area contributed by atoms with E-state index in [4.69, 9.17) is 0 Å². The molecule has 118 valence electrons. The van der Waals surface area contributed by atoms with Crippen LogP contribution in [0.25, 0.3) is 0 Å². The minimum Gasteiger partial charge on any atom is -0.327 e. The molecule has 1 aromatic heterocycles. The van der Waals surface area contributed by atoms with E-state index in [2.05, 4.69) is 10.3 Å². The molecule has 0 aliphatic carbocycles. The maximum absolute atomic E-state index is 12.6. The van der Waals surface area contributed by atoms with E-state index >= 15 is 0 Å². The van der Waals surface area contributed by atoms with Crippen LogP contribution in [-0.2, 0) is 4.79 Å². The van der Waals surface area contributed by atoms with Gasteiger partial charge in [-0.25, -0.2) is 0 Å². The van der Waals surface area contributed by atoms with E-state index in [1.165, 1.54) is 0 Å². The number of amides is 2. The van der Waals surface area contributed by atoms with Crippen molar-refractivity contribution in [1.82, 2.24) is 9.88 Å². The molecule has 1 saturated heterocycles. The van der Waals surface area contributed by atoms with E-state index < -0.39 is 6.04 Å². The quantitative estimate of drug-likeness (QED) is 0.948. The summed E-state index contributed by atoms with van der Waals surface area (Å²) in [7, 11) is 0. The van der Waals surface area contributed by atoms with Gasteiger partial charge < -0.3 is 10.2 Å². The minimum absolute atomic E-state index is 0.136. The Balaban J connectivity index is 1.73. The Morgan fingerprint density at radius 2 is 1.96 bits per heavy atom. The van der Waals surface area contributed by atoms with Gasteiger partial charge in [0.2, 0.25) is 5.91 Å². The van der Waals surface area contributed by atoms with Crippen LogP contribution < -0.4 is 5.32 Å². The van der Waals surface area contributed by atoms with E-state index in [-0.39, 0.29) is 11.8 Å². The zero-order valence-electron chi connectivity index (χ0n) is 13.0. The first kappa shape index (κ1) is 15.2. The number of likely N-dealkylation sites (tertiary alicyclic amines) is 1. The third-order valence-corrected chi connectivity index (χ3v) is 4.02. The summed E-state index contributed by atoms with van der Waals surface area (Å²) in [6, 6.07) is 12.4. The fraction of sp³-hybridized carbons (Fsp3) is 0.278. The van der Waals surface area contributed by atoms with Crippen LogP contribution in [0.15, 0.2) is 48.7 Å². The van der Waals surface area contributed by atoms with Crippen LogP contribution in [0.5, 0.6) is 0 Å². The lowest BCUT2D eigenvalue weighted by Crippen LogP contribution is -2.43. The van der Waals surface area contributed by atoms with Crippen LogP contribution in [0.2, 0.25) is 0 Å². The lowest BCUT2D eigenvalue weighted by Gasteiger charge is -2.24. The number of nitrogens with one attached hydrogen (secondary N) is 1. The average molecular weight is 309 g/mol. The maximum atomic E-state index is 12.6. The summed E-state index contributed by atoms with van der Waals surface area (Å²) < 4.78 is 0. The van der Waals surface area contributed by atoms with E-state index in [0.717, 1.165) is 17.8 Å². The van der Waals surface area contributed by atoms with Crippen LogP contribution in [0.3, 0.4) is 0 Å². The number of hydrogen-bond donors (Lipinski definition) is 1. The zero-order valence-corrected chi connectivity index (χ0v) is 13.0. The maximum Gasteiger partial charge on any atom is 0.256 e. The Hall–Kier alpha value is -2.69. The lowest BCUT2D eigenvalue weighted by molar-refractivity contribution is -0.119. The molecule has 23 heavy (non-hydrogen) atoms. The van der Waals surface area contributed by atoms with E-state index in [1.807, 2.05) is 43.3 Å². The van der Waals surface area contributed by atoms with Gasteiger partial charge in [-0.2, -0.15) is 0 Å². The topological polar surface area (TPSA) is 62.3 Å². The third-order valence-electron chi connectivity index (χ3n) is 4.02. The number of rotatable bonds is 3. The van der Waals surface area contributed by atoms with Gasteiger partial charge in [-0.1, -0.05) is 18.2 Å². The summed E-state index contributed by atoms with van der Waals surface area (Å²) in [5.74, 6) is -0.273. The number of pyridine rings is 1. The van der Waals surface area contributed by atoms with Crippen LogP contribution in [-0.4, -0.2) is 34.3 Å². The molecule has 1 fully saturated rings. The predicted molar refractivity (Wildman–Crippen MR) is 88.1 cm³/mol. The molecular weight excluding hydrogens is 290 g/mol. The molecule has 5 nitrogen and oxygen atoms in total. The number of benzene rings is 1. The molecule has 2 aromatic rings. The van der Waals surface area contributed by atoms with E-state index in [0.29, 0.717) is 18.5 Å². The number of carbonyl (C=O) groups is 2. The van der Waals surface area contributed by atoms with Crippen molar-refractivity contribution in [3.05, 3.63) is 59.9 Å². The van der Waals surface area contributed by atoms with Crippen molar-refractivity contribution >= 4 is 17.5 Å². The Bertz CT molecular complexity index is 698. The van der Waals surface area contributed by atoms with Crippen molar-refractivity contribution in [3.63, 3.8) is 0 Å². The summed E-state index contributed by atoms with van der Waals surface area (Å²) in [4.78, 5) is 30.9. The van der Waals surface area contributed by atoms with Gasteiger partial charge in [0, 0.05) is 24.1 Å². The number of anilines is 1. The Labute approximate surface area is 135 Å². The van der Waals surface area contributed by atoms with Crippen LogP contribution in [0, 0.1) is 6.92 Å². The molecule has 2 heterocycles. The largest absolute Gasteiger partial charge is 0.327 e. The van der Waals surface area contributed by atoms with Crippen LogP contribution >= 0.6 is 0 Å². The molecule has 1 N–H and O–H groups in total. The molecule has 1 atom stereocenters. The van der Waals surface area contributed by atoms with Crippen molar-refractivity contribution < 1.29 is 9.59 Å². The van der Waals surface area contributed by atoms with Crippen LogP contribution in [0.4, 0.5) is 5.69 Å². The normalized spacial score (nSPS) is 17.1. The summed E-state index contributed by atoms with van der Waals surface area (Å²) in [5.41, 5.74) is 2.13. The SMILES string of the molecule is Cc1ccc(C(=O)N2CCC[C@H]2C(=O)Nc2ccccc2)cn1. The van der Waals surface area contributed by atoms with Crippen LogP contribution in [0.1, 0.15) is 28.9 Å². The van der Waals surface area contributed by atoms with E-state index in [9.17, 15) is 9.59 Å². The highest BCUT2D eigenvalue weighted by Crippen LogP contribution is 2.21. The average Bonchev–Trinajstić information content (AvgIpc) is 3.05. The highest BCUT2D eigenvalue weighted by Gasteiger charge is 2.34. The second-order valence-electron chi connectivity index (χ2n) is 5.70. The lowest BCUT2D eigenvalue weighted by atomic mass is 10.1. The molecule has 5 heteroatoms. The first-order valence-electron chi connectivity index (χ1n) is 7.75. The molecule has 0 bridgehead atoms. The number of aryl methyl sites for hydroxylation is 1. The third kappa shape index (κ3) is 3.39. The van der Waals surface area contributed by atoms with Gasteiger partial charge in [0.15, 0.2) is 0 Å². The summed E-state index contributed by atoms with van der Waals surface area (Å²) in [5, 5.41) is 2.88. The minimum atomic E-state index is -0.427. The molecular formula is C18H19N3O2. The molecule has 1 aliphatic rings. The molecule has 0 spiro atoms.